The molecule has 0 saturated carbocycles. The monoisotopic (exact) mass is 349 g/mol. The van der Waals surface area contributed by atoms with Gasteiger partial charge in [0.25, 0.3) is 0 Å². The van der Waals surface area contributed by atoms with Crippen molar-refractivity contribution >= 4 is 15.9 Å². The molecule has 4 heteroatoms. The summed E-state index contributed by atoms with van der Waals surface area (Å²) in [5, 5.41) is 0. The Labute approximate surface area is 134 Å². The molecule has 21 heavy (non-hydrogen) atoms. The maximum absolute atomic E-state index is 6.39. The molecule has 0 fully saturated rings. The first-order valence-corrected chi connectivity index (χ1v) is 7.68. The van der Waals surface area contributed by atoms with Crippen LogP contribution in [0, 0.1) is 6.92 Å². The Bertz CT molecular complexity index is 628. The van der Waals surface area contributed by atoms with E-state index in [0.29, 0.717) is 6.61 Å². The smallest absolute Gasteiger partial charge is 0.122 e. The number of hydrogen-bond donors (Lipinski definition) is 1. The van der Waals surface area contributed by atoms with Crippen molar-refractivity contribution in [3.8, 4) is 11.5 Å². The summed E-state index contributed by atoms with van der Waals surface area (Å²) in [5.41, 5.74) is 9.52. The van der Waals surface area contributed by atoms with Gasteiger partial charge in [-0.25, -0.2) is 0 Å². The number of hydrogen-bond acceptors (Lipinski definition) is 3. The number of halogens is 1. The van der Waals surface area contributed by atoms with E-state index in [1.165, 1.54) is 0 Å². The Morgan fingerprint density at radius 1 is 1.19 bits per heavy atom. The summed E-state index contributed by atoms with van der Waals surface area (Å²) < 4.78 is 11.8. The van der Waals surface area contributed by atoms with Gasteiger partial charge in [0.2, 0.25) is 0 Å². The van der Waals surface area contributed by atoms with Crippen LogP contribution in [0.15, 0.2) is 40.9 Å². The maximum Gasteiger partial charge on any atom is 0.122 e. The SMILES string of the molecule is CCOc1ccc(C(N)c2ccc(C)c(OC)c2)c(Br)c1. The van der Waals surface area contributed by atoms with Gasteiger partial charge in [0, 0.05) is 4.47 Å². The fraction of sp³-hybridized carbons (Fsp3) is 0.294. The lowest BCUT2D eigenvalue weighted by atomic mass is 9.98. The molecule has 0 amide bonds. The average molecular weight is 350 g/mol. The molecule has 2 aromatic rings. The molecule has 0 aliphatic carbocycles. The Balaban J connectivity index is 2.33. The lowest BCUT2D eigenvalue weighted by molar-refractivity contribution is 0.340. The van der Waals surface area contributed by atoms with Crippen molar-refractivity contribution in [2.75, 3.05) is 13.7 Å². The predicted molar refractivity (Wildman–Crippen MR) is 89.1 cm³/mol. The molecule has 0 saturated heterocycles. The van der Waals surface area contributed by atoms with Crippen LogP contribution >= 0.6 is 15.9 Å². The standard InChI is InChI=1S/C17H20BrNO2/c1-4-21-13-7-8-14(15(18)10-13)17(19)12-6-5-11(2)16(9-12)20-3/h5-10,17H,4,19H2,1-3H3. The molecular weight excluding hydrogens is 330 g/mol. The van der Waals surface area contributed by atoms with Crippen molar-refractivity contribution in [2.45, 2.75) is 19.9 Å². The van der Waals surface area contributed by atoms with Crippen molar-refractivity contribution in [3.63, 3.8) is 0 Å². The Morgan fingerprint density at radius 3 is 2.57 bits per heavy atom. The van der Waals surface area contributed by atoms with E-state index >= 15 is 0 Å². The molecule has 0 aliphatic heterocycles. The lowest BCUT2D eigenvalue weighted by Gasteiger charge is -2.17. The minimum atomic E-state index is -0.218. The molecule has 1 atom stereocenters. The molecule has 2 aromatic carbocycles. The molecule has 0 spiro atoms. The van der Waals surface area contributed by atoms with E-state index in [4.69, 9.17) is 15.2 Å². The van der Waals surface area contributed by atoms with Gasteiger partial charge in [0.1, 0.15) is 11.5 Å². The second kappa shape index (κ2) is 6.96. The molecule has 1 unspecified atom stereocenters. The van der Waals surface area contributed by atoms with E-state index in [-0.39, 0.29) is 6.04 Å². The van der Waals surface area contributed by atoms with Crippen LogP contribution in [0.4, 0.5) is 0 Å². The highest BCUT2D eigenvalue weighted by atomic mass is 79.9. The van der Waals surface area contributed by atoms with Gasteiger partial charge in [-0.3, -0.25) is 0 Å². The largest absolute Gasteiger partial charge is 0.496 e. The maximum atomic E-state index is 6.39. The van der Waals surface area contributed by atoms with Crippen LogP contribution in [-0.4, -0.2) is 13.7 Å². The van der Waals surface area contributed by atoms with Crippen molar-refractivity contribution in [1.82, 2.24) is 0 Å². The molecule has 0 heterocycles. The minimum absolute atomic E-state index is 0.218. The van der Waals surface area contributed by atoms with Crippen LogP contribution in [0.5, 0.6) is 11.5 Å². The van der Waals surface area contributed by atoms with Crippen LogP contribution in [-0.2, 0) is 0 Å². The number of ether oxygens (including phenoxy) is 2. The zero-order chi connectivity index (χ0) is 15.4. The van der Waals surface area contributed by atoms with Gasteiger partial charge in [-0.15, -0.1) is 0 Å². The molecule has 0 radical (unpaired) electrons. The second-order valence-corrected chi connectivity index (χ2v) is 5.68. The summed E-state index contributed by atoms with van der Waals surface area (Å²) in [5.74, 6) is 1.69. The fourth-order valence-corrected chi connectivity index (χ4v) is 2.83. The molecule has 0 bridgehead atoms. The van der Waals surface area contributed by atoms with Crippen LogP contribution in [0.2, 0.25) is 0 Å². The summed E-state index contributed by atoms with van der Waals surface area (Å²) in [6.45, 7) is 4.63. The highest BCUT2D eigenvalue weighted by Gasteiger charge is 2.14. The third kappa shape index (κ3) is 3.57. The number of rotatable bonds is 5. The topological polar surface area (TPSA) is 44.5 Å². The van der Waals surface area contributed by atoms with E-state index in [0.717, 1.165) is 32.7 Å². The summed E-state index contributed by atoms with van der Waals surface area (Å²) in [6, 6.07) is 11.7. The molecule has 0 aromatic heterocycles. The molecule has 2 rings (SSSR count). The number of benzene rings is 2. The normalized spacial score (nSPS) is 12.0. The summed E-state index contributed by atoms with van der Waals surface area (Å²) in [4.78, 5) is 0. The van der Waals surface area contributed by atoms with Gasteiger partial charge in [0.15, 0.2) is 0 Å². The van der Waals surface area contributed by atoms with Crippen LogP contribution in [0.1, 0.15) is 29.7 Å². The van der Waals surface area contributed by atoms with Gasteiger partial charge < -0.3 is 15.2 Å². The number of aryl methyl sites for hydroxylation is 1. The van der Waals surface area contributed by atoms with Crippen molar-refractivity contribution in [1.29, 1.82) is 0 Å². The fourth-order valence-electron chi connectivity index (χ4n) is 2.23. The molecule has 2 N–H and O–H groups in total. The summed E-state index contributed by atoms with van der Waals surface area (Å²) >= 11 is 3.57. The first-order valence-electron chi connectivity index (χ1n) is 6.89. The van der Waals surface area contributed by atoms with E-state index in [9.17, 15) is 0 Å². The Hall–Kier alpha value is -1.52. The van der Waals surface area contributed by atoms with Crippen molar-refractivity contribution in [2.24, 2.45) is 5.73 Å². The Kier molecular flexibility index (Phi) is 5.26. The second-order valence-electron chi connectivity index (χ2n) is 4.82. The number of methoxy groups -OCH3 is 1. The van der Waals surface area contributed by atoms with Gasteiger partial charge in [-0.2, -0.15) is 0 Å². The number of nitrogens with two attached hydrogens (primary N) is 1. The minimum Gasteiger partial charge on any atom is -0.496 e. The first kappa shape index (κ1) is 15.9. The third-order valence-electron chi connectivity index (χ3n) is 3.41. The van der Waals surface area contributed by atoms with E-state index in [1.54, 1.807) is 7.11 Å². The van der Waals surface area contributed by atoms with E-state index < -0.39 is 0 Å². The van der Waals surface area contributed by atoms with Crippen LogP contribution < -0.4 is 15.2 Å². The van der Waals surface area contributed by atoms with Crippen LogP contribution in [0.25, 0.3) is 0 Å². The lowest BCUT2D eigenvalue weighted by Crippen LogP contribution is -2.13. The third-order valence-corrected chi connectivity index (χ3v) is 4.10. The van der Waals surface area contributed by atoms with Crippen LogP contribution in [0.3, 0.4) is 0 Å². The van der Waals surface area contributed by atoms with Gasteiger partial charge >= 0.3 is 0 Å². The van der Waals surface area contributed by atoms with Gasteiger partial charge in [-0.05, 0) is 48.7 Å². The zero-order valence-corrected chi connectivity index (χ0v) is 14.1. The summed E-state index contributed by atoms with van der Waals surface area (Å²) in [7, 11) is 1.67. The van der Waals surface area contributed by atoms with Crippen molar-refractivity contribution < 1.29 is 9.47 Å². The molecular formula is C17H20BrNO2. The van der Waals surface area contributed by atoms with Gasteiger partial charge in [-0.1, -0.05) is 34.1 Å². The quantitative estimate of drug-likeness (QED) is 0.878. The molecule has 0 aliphatic rings. The van der Waals surface area contributed by atoms with Gasteiger partial charge in [0.05, 0.1) is 19.8 Å². The first-order chi connectivity index (χ1) is 10.1. The predicted octanol–water partition coefficient (Wildman–Crippen LogP) is 4.21. The molecule has 3 nitrogen and oxygen atoms in total. The van der Waals surface area contributed by atoms with E-state index in [1.807, 2.05) is 50.2 Å². The average Bonchev–Trinajstić information content (AvgIpc) is 2.47. The highest BCUT2D eigenvalue weighted by molar-refractivity contribution is 9.10. The summed E-state index contributed by atoms with van der Waals surface area (Å²) in [6.07, 6.45) is 0. The highest BCUT2D eigenvalue weighted by Crippen LogP contribution is 2.32. The van der Waals surface area contributed by atoms with Crippen molar-refractivity contribution in [3.05, 3.63) is 57.6 Å². The molecule has 112 valence electrons. The zero-order valence-electron chi connectivity index (χ0n) is 12.5. The Morgan fingerprint density at radius 2 is 1.95 bits per heavy atom. The van der Waals surface area contributed by atoms with E-state index in [2.05, 4.69) is 15.9 Å².